The standard InChI is InChI=1S/C21H26N2O5/c1-14(2)13-17(23-18(24)15-5-3-4-6-16(15)19(23)25)20(26)22-9-7-21(8-10-22)27-11-12-28-21/h3-6,14,17H,7-13H2,1-2H3. The molecule has 2 fully saturated rings. The van der Waals surface area contributed by atoms with Gasteiger partial charge >= 0.3 is 0 Å². The van der Waals surface area contributed by atoms with Crippen LogP contribution in [0.4, 0.5) is 0 Å². The van der Waals surface area contributed by atoms with Crippen molar-refractivity contribution in [2.75, 3.05) is 26.3 Å². The number of ether oxygens (including phenoxy) is 2. The molecule has 0 aromatic heterocycles. The van der Waals surface area contributed by atoms with Gasteiger partial charge in [-0.1, -0.05) is 26.0 Å². The van der Waals surface area contributed by atoms with Crippen molar-refractivity contribution >= 4 is 17.7 Å². The average molecular weight is 386 g/mol. The molecule has 3 amide bonds. The first-order chi connectivity index (χ1) is 13.4. The number of benzene rings is 1. The largest absolute Gasteiger partial charge is 0.347 e. The molecule has 4 rings (SSSR count). The highest BCUT2D eigenvalue weighted by Gasteiger charge is 2.46. The zero-order valence-electron chi connectivity index (χ0n) is 16.3. The SMILES string of the molecule is CC(C)CC(C(=O)N1CCC2(CC1)OCCO2)N1C(=O)c2ccccc2C1=O. The lowest BCUT2D eigenvalue weighted by Crippen LogP contribution is -2.55. The van der Waals surface area contributed by atoms with E-state index in [1.54, 1.807) is 29.2 Å². The highest BCUT2D eigenvalue weighted by Crippen LogP contribution is 2.33. The Kier molecular flexibility index (Phi) is 4.97. The quantitative estimate of drug-likeness (QED) is 0.741. The molecule has 0 radical (unpaired) electrons. The van der Waals surface area contributed by atoms with Crippen molar-refractivity contribution in [1.82, 2.24) is 9.80 Å². The molecule has 1 spiro atoms. The van der Waals surface area contributed by atoms with Crippen LogP contribution in [0.15, 0.2) is 24.3 Å². The Hall–Kier alpha value is -2.25. The highest BCUT2D eigenvalue weighted by atomic mass is 16.7. The number of carbonyl (C=O) groups excluding carboxylic acids is 3. The van der Waals surface area contributed by atoms with Crippen LogP contribution in [0.1, 0.15) is 53.8 Å². The summed E-state index contributed by atoms with van der Waals surface area (Å²) in [6.07, 6.45) is 1.66. The van der Waals surface area contributed by atoms with Crippen LogP contribution in [-0.2, 0) is 14.3 Å². The van der Waals surface area contributed by atoms with Gasteiger partial charge in [0.1, 0.15) is 6.04 Å². The molecule has 0 N–H and O–H groups in total. The van der Waals surface area contributed by atoms with Gasteiger partial charge in [-0.25, -0.2) is 0 Å². The van der Waals surface area contributed by atoms with Crippen molar-refractivity contribution in [1.29, 1.82) is 0 Å². The van der Waals surface area contributed by atoms with Gasteiger partial charge in [0.15, 0.2) is 5.79 Å². The van der Waals surface area contributed by atoms with Gasteiger partial charge in [0, 0.05) is 25.9 Å². The van der Waals surface area contributed by atoms with Gasteiger partial charge in [-0.05, 0) is 24.5 Å². The fraction of sp³-hybridized carbons (Fsp3) is 0.571. The molecule has 2 saturated heterocycles. The van der Waals surface area contributed by atoms with Crippen LogP contribution >= 0.6 is 0 Å². The summed E-state index contributed by atoms with van der Waals surface area (Å²) in [6, 6.07) is 5.97. The summed E-state index contributed by atoms with van der Waals surface area (Å²) >= 11 is 0. The maximum Gasteiger partial charge on any atom is 0.262 e. The van der Waals surface area contributed by atoms with Gasteiger partial charge < -0.3 is 14.4 Å². The van der Waals surface area contributed by atoms with Crippen LogP contribution in [0.25, 0.3) is 0 Å². The fourth-order valence-corrected chi connectivity index (χ4v) is 4.32. The predicted molar refractivity (Wildman–Crippen MR) is 101 cm³/mol. The number of amides is 3. The highest BCUT2D eigenvalue weighted by molar-refractivity contribution is 6.22. The van der Waals surface area contributed by atoms with Crippen molar-refractivity contribution in [2.24, 2.45) is 5.92 Å². The van der Waals surface area contributed by atoms with Gasteiger partial charge in [-0.15, -0.1) is 0 Å². The number of hydrogen-bond donors (Lipinski definition) is 0. The topological polar surface area (TPSA) is 76.2 Å². The van der Waals surface area contributed by atoms with E-state index in [0.29, 0.717) is 56.7 Å². The number of imide groups is 1. The lowest BCUT2D eigenvalue weighted by Gasteiger charge is -2.40. The zero-order valence-corrected chi connectivity index (χ0v) is 16.3. The number of hydrogen-bond acceptors (Lipinski definition) is 5. The van der Waals surface area contributed by atoms with Crippen LogP contribution in [0.5, 0.6) is 0 Å². The Balaban J connectivity index is 1.55. The maximum absolute atomic E-state index is 13.4. The van der Waals surface area contributed by atoms with Crippen LogP contribution in [0.3, 0.4) is 0 Å². The maximum atomic E-state index is 13.4. The first-order valence-corrected chi connectivity index (χ1v) is 9.95. The fourth-order valence-electron chi connectivity index (χ4n) is 4.32. The second-order valence-corrected chi connectivity index (χ2v) is 8.10. The third-order valence-corrected chi connectivity index (χ3v) is 5.77. The lowest BCUT2D eigenvalue weighted by atomic mass is 9.98. The Morgan fingerprint density at radius 3 is 2.07 bits per heavy atom. The van der Waals surface area contributed by atoms with E-state index in [4.69, 9.17) is 9.47 Å². The minimum absolute atomic E-state index is 0.163. The van der Waals surface area contributed by atoms with Gasteiger partial charge in [0.2, 0.25) is 5.91 Å². The Bertz CT molecular complexity index is 755. The molecule has 3 heterocycles. The molecule has 0 saturated carbocycles. The first kappa shape index (κ1) is 19.1. The van der Waals surface area contributed by atoms with E-state index in [0.717, 1.165) is 0 Å². The van der Waals surface area contributed by atoms with Gasteiger partial charge in [0.05, 0.1) is 24.3 Å². The Morgan fingerprint density at radius 1 is 1.04 bits per heavy atom. The van der Waals surface area contributed by atoms with Gasteiger partial charge in [-0.3, -0.25) is 19.3 Å². The molecule has 1 atom stereocenters. The molecule has 0 bridgehead atoms. The normalized spacial score (nSPS) is 22.2. The van der Waals surface area contributed by atoms with E-state index in [2.05, 4.69) is 0 Å². The number of piperidine rings is 1. The van der Waals surface area contributed by atoms with E-state index < -0.39 is 11.8 Å². The molecular formula is C21H26N2O5. The summed E-state index contributed by atoms with van der Waals surface area (Å²) < 4.78 is 11.5. The molecule has 150 valence electrons. The second kappa shape index (κ2) is 7.29. The molecule has 1 aromatic rings. The van der Waals surface area contributed by atoms with Crippen molar-refractivity contribution in [3.63, 3.8) is 0 Å². The number of carbonyl (C=O) groups is 3. The summed E-state index contributed by atoms with van der Waals surface area (Å²) in [7, 11) is 0. The molecule has 3 aliphatic heterocycles. The van der Waals surface area contributed by atoms with Crippen LogP contribution in [-0.4, -0.2) is 65.7 Å². The van der Waals surface area contributed by atoms with Crippen LogP contribution in [0.2, 0.25) is 0 Å². The van der Waals surface area contributed by atoms with Gasteiger partial charge in [-0.2, -0.15) is 0 Å². The molecule has 1 unspecified atom stereocenters. The summed E-state index contributed by atoms with van der Waals surface area (Å²) in [4.78, 5) is 42.1. The summed E-state index contributed by atoms with van der Waals surface area (Å²) in [6.45, 7) is 6.14. The van der Waals surface area contributed by atoms with Crippen molar-refractivity contribution in [2.45, 2.75) is 44.9 Å². The third kappa shape index (κ3) is 3.22. The molecule has 3 aliphatic rings. The van der Waals surface area contributed by atoms with E-state index in [-0.39, 0.29) is 23.6 Å². The summed E-state index contributed by atoms with van der Waals surface area (Å²) in [5.74, 6) is -1.34. The number of rotatable bonds is 4. The lowest BCUT2D eigenvalue weighted by molar-refractivity contribution is -0.188. The monoisotopic (exact) mass is 386 g/mol. The van der Waals surface area contributed by atoms with Crippen molar-refractivity contribution < 1.29 is 23.9 Å². The average Bonchev–Trinajstić information content (AvgIpc) is 3.24. The molecule has 1 aromatic carbocycles. The molecule has 7 nitrogen and oxygen atoms in total. The second-order valence-electron chi connectivity index (χ2n) is 8.10. The summed E-state index contributed by atoms with van der Waals surface area (Å²) in [5, 5.41) is 0. The van der Waals surface area contributed by atoms with E-state index in [1.807, 2.05) is 13.8 Å². The molecule has 7 heteroatoms. The Morgan fingerprint density at radius 2 is 1.57 bits per heavy atom. The van der Waals surface area contributed by atoms with E-state index >= 15 is 0 Å². The number of nitrogens with zero attached hydrogens (tertiary/aromatic N) is 2. The number of fused-ring (bicyclic) bond motifs is 1. The minimum atomic E-state index is -0.785. The van der Waals surface area contributed by atoms with Crippen molar-refractivity contribution in [3.05, 3.63) is 35.4 Å². The summed E-state index contributed by atoms with van der Waals surface area (Å²) in [5.41, 5.74) is 0.749. The zero-order chi connectivity index (χ0) is 19.9. The smallest absolute Gasteiger partial charge is 0.262 e. The number of likely N-dealkylation sites (tertiary alicyclic amines) is 1. The van der Waals surface area contributed by atoms with Crippen LogP contribution in [0, 0.1) is 5.92 Å². The minimum Gasteiger partial charge on any atom is -0.347 e. The third-order valence-electron chi connectivity index (χ3n) is 5.77. The van der Waals surface area contributed by atoms with E-state index in [9.17, 15) is 14.4 Å². The molecule has 28 heavy (non-hydrogen) atoms. The van der Waals surface area contributed by atoms with Gasteiger partial charge in [0.25, 0.3) is 11.8 Å². The molecule has 0 aliphatic carbocycles. The van der Waals surface area contributed by atoms with E-state index in [1.165, 1.54) is 4.90 Å². The first-order valence-electron chi connectivity index (χ1n) is 9.95. The molecular weight excluding hydrogens is 360 g/mol. The predicted octanol–water partition coefficient (Wildman–Crippen LogP) is 2.06. The van der Waals surface area contributed by atoms with Crippen LogP contribution < -0.4 is 0 Å². The van der Waals surface area contributed by atoms with Crippen molar-refractivity contribution in [3.8, 4) is 0 Å². The Labute approximate surface area is 164 Å².